The van der Waals surface area contributed by atoms with E-state index in [1.807, 2.05) is 13.0 Å². The molecular weight excluding hydrogens is 233 g/mol. The molecule has 2 aromatic rings. The first-order valence-electron chi connectivity index (χ1n) is 4.59. The number of hydrogen-bond donors (Lipinski definition) is 0. The van der Waals surface area contributed by atoms with Crippen molar-refractivity contribution in [2.75, 3.05) is 6.61 Å². The highest BCUT2D eigenvalue weighted by molar-refractivity contribution is 6.38. The minimum absolute atomic E-state index is 0.566. The summed E-state index contributed by atoms with van der Waals surface area (Å²) in [6.45, 7) is 2.48. The molecule has 15 heavy (non-hydrogen) atoms. The second kappa shape index (κ2) is 4.25. The fraction of sp³-hybridized carbons (Fsp3) is 0.182. The van der Waals surface area contributed by atoms with Crippen LogP contribution in [0.25, 0.3) is 10.8 Å². The zero-order chi connectivity index (χ0) is 10.8. The van der Waals surface area contributed by atoms with E-state index in [9.17, 15) is 0 Å². The van der Waals surface area contributed by atoms with Crippen LogP contribution in [0.2, 0.25) is 10.0 Å². The molecular formula is C11H9Cl2NO. The molecule has 78 valence electrons. The third-order valence-corrected chi connectivity index (χ3v) is 2.57. The summed E-state index contributed by atoms with van der Waals surface area (Å²) in [5.41, 5.74) is 0. The molecule has 0 atom stereocenters. The molecule has 0 radical (unpaired) electrons. The van der Waals surface area contributed by atoms with Gasteiger partial charge in [0.1, 0.15) is 0 Å². The van der Waals surface area contributed by atoms with Gasteiger partial charge in [-0.15, -0.1) is 0 Å². The summed E-state index contributed by atoms with van der Waals surface area (Å²) in [5.74, 6) is 0.569. The van der Waals surface area contributed by atoms with E-state index in [1.165, 1.54) is 0 Å². The smallest absolute Gasteiger partial charge is 0.221 e. The largest absolute Gasteiger partial charge is 0.478 e. The molecule has 0 aliphatic heterocycles. The summed E-state index contributed by atoms with van der Waals surface area (Å²) < 4.78 is 5.40. The molecule has 2 rings (SSSR count). The summed E-state index contributed by atoms with van der Waals surface area (Å²) >= 11 is 12.0. The molecule has 0 bridgehead atoms. The number of nitrogens with zero attached hydrogens (tertiary/aromatic N) is 1. The molecule has 0 fully saturated rings. The number of fused-ring (bicyclic) bond motifs is 1. The van der Waals surface area contributed by atoms with Crippen LogP contribution in [-0.4, -0.2) is 11.6 Å². The first kappa shape index (κ1) is 10.5. The predicted molar refractivity (Wildman–Crippen MR) is 62.9 cm³/mol. The van der Waals surface area contributed by atoms with E-state index in [4.69, 9.17) is 27.9 Å². The van der Waals surface area contributed by atoms with Gasteiger partial charge in [-0.1, -0.05) is 23.2 Å². The van der Waals surface area contributed by atoms with E-state index in [0.717, 1.165) is 10.8 Å². The monoisotopic (exact) mass is 241 g/mol. The second-order valence-corrected chi connectivity index (χ2v) is 3.88. The van der Waals surface area contributed by atoms with Crippen molar-refractivity contribution in [1.82, 2.24) is 4.98 Å². The Hall–Kier alpha value is -0.990. The molecule has 0 saturated heterocycles. The molecule has 0 saturated carbocycles. The summed E-state index contributed by atoms with van der Waals surface area (Å²) in [5, 5.41) is 2.94. The van der Waals surface area contributed by atoms with E-state index >= 15 is 0 Å². The number of halogens is 2. The van der Waals surface area contributed by atoms with Crippen molar-refractivity contribution in [3.63, 3.8) is 0 Å². The number of benzene rings is 1. The van der Waals surface area contributed by atoms with E-state index < -0.39 is 0 Å². The van der Waals surface area contributed by atoms with Gasteiger partial charge in [-0.05, 0) is 25.1 Å². The quantitative estimate of drug-likeness (QED) is 0.795. The SMILES string of the molecule is CCOc1nccc2c(Cl)cc(Cl)cc12. The molecule has 0 amide bonds. The number of hydrogen-bond acceptors (Lipinski definition) is 2. The first-order chi connectivity index (χ1) is 7.22. The second-order valence-electron chi connectivity index (χ2n) is 3.03. The highest BCUT2D eigenvalue weighted by Crippen LogP contribution is 2.32. The molecule has 4 heteroatoms. The summed E-state index contributed by atoms with van der Waals surface area (Å²) in [6, 6.07) is 5.36. The standard InChI is InChI=1S/C11H9Cl2NO/c1-2-15-11-9-5-7(12)6-10(13)8(9)3-4-14-11/h3-6H,2H2,1H3. The van der Waals surface area contributed by atoms with E-state index in [2.05, 4.69) is 4.98 Å². The fourth-order valence-corrected chi connectivity index (χ4v) is 1.99. The molecule has 0 N–H and O–H groups in total. The number of ether oxygens (including phenoxy) is 1. The van der Waals surface area contributed by atoms with Gasteiger partial charge in [0.05, 0.1) is 11.6 Å². The van der Waals surface area contributed by atoms with E-state index in [-0.39, 0.29) is 0 Å². The van der Waals surface area contributed by atoms with Crippen LogP contribution in [0.1, 0.15) is 6.92 Å². The maximum absolute atomic E-state index is 6.07. The van der Waals surface area contributed by atoms with Crippen LogP contribution >= 0.6 is 23.2 Å². The maximum atomic E-state index is 6.07. The van der Waals surface area contributed by atoms with Crippen molar-refractivity contribution >= 4 is 34.0 Å². The Morgan fingerprint density at radius 1 is 1.27 bits per heavy atom. The topological polar surface area (TPSA) is 22.1 Å². The minimum atomic E-state index is 0.566. The van der Waals surface area contributed by atoms with Crippen molar-refractivity contribution in [3.05, 3.63) is 34.4 Å². The summed E-state index contributed by atoms with van der Waals surface area (Å²) in [6.07, 6.45) is 1.67. The van der Waals surface area contributed by atoms with Crippen molar-refractivity contribution in [2.45, 2.75) is 6.92 Å². The number of aromatic nitrogens is 1. The molecule has 0 spiro atoms. The van der Waals surface area contributed by atoms with Crippen molar-refractivity contribution in [2.24, 2.45) is 0 Å². The average molecular weight is 242 g/mol. The van der Waals surface area contributed by atoms with Crippen molar-refractivity contribution in [3.8, 4) is 5.88 Å². The molecule has 1 aromatic heterocycles. The van der Waals surface area contributed by atoms with Crippen molar-refractivity contribution in [1.29, 1.82) is 0 Å². The first-order valence-corrected chi connectivity index (χ1v) is 5.34. The van der Waals surface area contributed by atoms with E-state index in [0.29, 0.717) is 22.5 Å². The Morgan fingerprint density at radius 2 is 2.07 bits per heavy atom. The molecule has 0 aliphatic carbocycles. The van der Waals surface area contributed by atoms with Gasteiger partial charge < -0.3 is 4.74 Å². The van der Waals surface area contributed by atoms with Gasteiger partial charge in [0.2, 0.25) is 5.88 Å². The van der Waals surface area contributed by atoms with Gasteiger partial charge in [0.25, 0.3) is 0 Å². The minimum Gasteiger partial charge on any atom is -0.478 e. The van der Waals surface area contributed by atoms with Crippen LogP contribution in [0.15, 0.2) is 24.4 Å². The molecule has 1 aromatic carbocycles. The summed E-state index contributed by atoms with van der Waals surface area (Å²) in [4.78, 5) is 4.14. The normalized spacial score (nSPS) is 10.6. The zero-order valence-corrected chi connectivity index (χ0v) is 9.64. The van der Waals surface area contributed by atoms with Gasteiger partial charge in [-0.2, -0.15) is 0 Å². The molecule has 0 unspecified atom stereocenters. The van der Waals surface area contributed by atoms with Crippen LogP contribution < -0.4 is 4.74 Å². The lowest BCUT2D eigenvalue weighted by atomic mass is 10.2. The van der Waals surface area contributed by atoms with E-state index in [1.54, 1.807) is 18.3 Å². The van der Waals surface area contributed by atoms with Gasteiger partial charge in [-0.3, -0.25) is 0 Å². The summed E-state index contributed by atoms with van der Waals surface area (Å²) in [7, 11) is 0. The lowest BCUT2D eigenvalue weighted by molar-refractivity contribution is 0.331. The Morgan fingerprint density at radius 3 is 2.80 bits per heavy atom. The third kappa shape index (κ3) is 2.01. The van der Waals surface area contributed by atoms with Crippen LogP contribution in [0.4, 0.5) is 0 Å². The van der Waals surface area contributed by atoms with Gasteiger partial charge in [0.15, 0.2) is 0 Å². The van der Waals surface area contributed by atoms with Crippen LogP contribution in [0.5, 0.6) is 5.88 Å². The lowest BCUT2D eigenvalue weighted by Crippen LogP contribution is -1.95. The third-order valence-electron chi connectivity index (χ3n) is 2.04. The Bertz CT molecular complexity index is 499. The highest BCUT2D eigenvalue weighted by Gasteiger charge is 2.07. The lowest BCUT2D eigenvalue weighted by Gasteiger charge is -2.07. The van der Waals surface area contributed by atoms with Gasteiger partial charge >= 0.3 is 0 Å². The van der Waals surface area contributed by atoms with Gasteiger partial charge in [0, 0.05) is 22.0 Å². The molecule has 2 nitrogen and oxygen atoms in total. The van der Waals surface area contributed by atoms with Gasteiger partial charge in [-0.25, -0.2) is 4.98 Å². The zero-order valence-electron chi connectivity index (χ0n) is 8.13. The number of pyridine rings is 1. The highest BCUT2D eigenvalue weighted by atomic mass is 35.5. The predicted octanol–water partition coefficient (Wildman–Crippen LogP) is 3.94. The van der Waals surface area contributed by atoms with Crippen LogP contribution in [-0.2, 0) is 0 Å². The van der Waals surface area contributed by atoms with Crippen molar-refractivity contribution < 1.29 is 4.74 Å². The fourth-order valence-electron chi connectivity index (χ4n) is 1.43. The molecule has 1 heterocycles. The number of rotatable bonds is 2. The maximum Gasteiger partial charge on any atom is 0.221 e. The van der Waals surface area contributed by atoms with Crippen LogP contribution in [0, 0.1) is 0 Å². The Kier molecular flexibility index (Phi) is 2.98. The Balaban J connectivity index is 2.73. The average Bonchev–Trinajstić information content (AvgIpc) is 2.19. The molecule has 0 aliphatic rings. The Labute approximate surface area is 97.8 Å². The van der Waals surface area contributed by atoms with Crippen LogP contribution in [0.3, 0.4) is 0 Å².